The summed E-state index contributed by atoms with van der Waals surface area (Å²) in [6.07, 6.45) is 0.590. The smallest absolute Gasteiger partial charge is 0.221 e. The normalized spacial score (nSPS) is 9.00. The van der Waals surface area contributed by atoms with Crippen LogP contribution in [0.25, 0.3) is 0 Å². The van der Waals surface area contributed by atoms with Crippen LogP contribution >= 0.6 is 0 Å². The fourth-order valence-corrected chi connectivity index (χ4v) is 0.958. The molecule has 13 heavy (non-hydrogen) atoms. The van der Waals surface area contributed by atoms with Gasteiger partial charge in [0.2, 0.25) is 12.3 Å². The topological polar surface area (TPSA) is 58.2 Å². The van der Waals surface area contributed by atoms with Crippen LogP contribution in [0, 0.1) is 0 Å². The van der Waals surface area contributed by atoms with Gasteiger partial charge in [-0.2, -0.15) is 0 Å². The molecule has 0 radical (unpaired) electrons. The van der Waals surface area contributed by atoms with E-state index < -0.39 is 0 Å². The monoisotopic (exact) mass is 178 g/mol. The van der Waals surface area contributed by atoms with Crippen molar-refractivity contribution in [2.24, 2.45) is 0 Å². The van der Waals surface area contributed by atoms with Crippen molar-refractivity contribution in [3.63, 3.8) is 0 Å². The summed E-state index contributed by atoms with van der Waals surface area (Å²) in [5.74, 6) is -0.136. The Morgan fingerprint density at radius 2 is 2.08 bits per heavy atom. The molecule has 0 saturated heterocycles. The van der Waals surface area contributed by atoms with Gasteiger partial charge in [0, 0.05) is 18.3 Å². The number of rotatable bonds is 3. The molecule has 1 aromatic carbocycles. The van der Waals surface area contributed by atoms with Crippen LogP contribution in [-0.2, 0) is 9.59 Å². The van der Waals surface area contributed by atoms with E-state index in [9.17, 15) is 9.59 Å². The molecule has 4 nitrogen and oxygen atoms in total. The first-order valence-corrected chi connectivity index (χ1v) is 3.80. The Morgan fingerprint density at radius 1 is 1.38 bits per heavy atom. The Morgan fingerprint density at radius 3 is 2.69 bits per heavy atom. The Balaban J connectivity index is 2.78. The van der Waals surface area contributed by atoms with Crippen LogP contribution < -0.4 is 10.6 Å². The standard InChI is InChI=1S/C9H10N2O2/c1-7(13)11-9-4-2-3-8(5-9)10-6-12/h2-6H,1H3,(H,10,12)(H,11,13). The second-order valence-electron chi connectivity index (χ2n) is 2.52. The molecule has 0 heterocycles. The maximum absolute atomic E-state index is 10.7. The van der Waals surface area contributed by atoms with Gasteiger partial charge in [0.1, 0.15) is 0 Å². The second-order valence-corrected chi connectivity index (χ2v) is 2.52. The molecule has 0 aliphatic rings. The first-order valence-electron chi connectivity index (χ1n) is 3.80. The third-order valence-electron chi connectivity index (χ3n) is 1.41. The lowest BCUT2D eigenvalue weighted by atomic mass is 10.3. The van der Waals surface area contributed by atoms with Crippen molar-refractivity contribution < 1.29 is 9.59 Å². The highest BCUT2D eigenvalue weighted by molar-refractivity contribution is 5.89. The average Bonchev–Trinajstić information content (AvgIpc) is 2.04. The minimum Gasteiger partial charge on any atom is -0.329 e. The maximum Gasteiger partial charge on any atom is 0.221 e. The van der Waals surface area contributed by atoms with Crippen LogP contribution in [0.4, 0.5) is 11.4 Å². The summed E-state index contributed by atoms with van der Waals surface area (Å²) in [5.41, 5.74) is 1.32. The molecule has 0 fully saturated rings. The maximum atomic E-state index is 10.7. The minimum absolute atomic E-state index is 0.136. The predicted octanol–water partition coefficient (Wildman–Crippen LogP) is 1.21. The molecule has 4 heteroatoms. The summed E-state index contributed by atoms with van der Waals surface area (Å²) < 4.78 is 0. The van der Waals surface area contributed by atoms with Crippen LogP contribution in [0.3, 0.4) is 0 Å². The Labute approximate surface area is 75.9 Å². The van der Waals surface area contributed by atoms with Crippen molar-refractivity contribution in [3.8, 4) is 0 Å². The zero-order valence-electron chi connectivity index (χ0n) is 7.20. The van der Waals surface area contributed by atoms with E-state index in [0.717, 1.165) is 0 Å². The quantitative estimate of drug-likeness (QED) is 0.683. The lowest BCUT2D eigenvalue weighted by molar-refractivity contribution is -0.114. The summed E-state index contributed by atoms with van der Waals surface area (Å²) >= 11 is 0. The number of amides is 2. The van der Waals surface area contributed by atoms with Crippen LogP contribution in [-0.4, -0.2) is 12.3 Å². The van der Waals surface area contributed by atoms with Crippen LogP contribution in [0.15, 0.2) is 24.3 Å². The minimum atomic E-state index is -0.136. The number of nitrogens with one attached hydrogen (secondary N) is 2. The van der Waals surface area contributed by atoms with E-state index in [4.69, 9.17) is 0 Å². The summed E-state index contributed by atoms with van der Waals surface area (Å²) in [6, 6.07) is 6.91. The van der Waals surface area contributed by atoms with Gasteiger partial charge in [-0.05, 0) is 18.2 Å². The van der Waals surface area contributed by atoms with Crippen LogP contribution in [0.5, 0.6) is 0 Å². The Kier molecular flexibility index (Phi) is 3.03. The van der Waals surface area contributed by atoms with Crippen LogP contribution in [0.2, 0.25) is 0 Å². The molecular weight excluding hydrogens is 168 g/mol. The van der Waals surface area contributed by atoms with E-state index in [1.165, 1.54) is 6.92 Å². The largest absolute Gasteiger partial charge is 0.329 e. The van der Waals surface area contributed by atoms with Crippen molar-refractivity contribution >= 4 is 23.7 Å². The molecule has 0 saturated carbocycles. The highest BCUT2D eigenvalue weighted by atomic mass is 16.1. The van der Waals surface area contributed by atoms with Gasteiger partial charge >= 0.3 is 0 Å². The molecule has 0 aliphatic heterocycles. The summed E-state index contributed by atoms with van der Waals surface area (Å²) in [7, 11) is 0. The molecular formula is C9H10N2O2. The summed E-state index contributed by atoms with van der Waals surface area (Å²) in [5, 5.41) is 5.10. The van der Waals surface area contributed by atoms with Crippen molar-refractivity contribution in [1.82, 2.24) is 0 Å². The van der Waals surface area contributed by atoms with Gasteiger partial charge in [-0.1, -0.05) is 6.07 Å². The molecule has 1 aromatic rings. The molecule has 1 rings (SSSR count). The van der Waals surface area contributed by atoms with Gasteiger partial charge in [0.15, 0.2) is 0 Å². The molecule has 0 unspecified atom stereocenters. The first-order chi connectivity index (χ1) is 6.22. The Bertz CT molecular complexity index is 323. The number of carbonyl (C=O) groups is 2. The van der Waals surface area contributed by atoms with E-state index >= 15 is 0 Å². The lowest BCUT2D eigenvalue weighted by Crippen LogP contribution is -2.05. The van der Waals surface area contributed by atoms with Gasteiger partial charge in [-0.25, -0.2) is 0 Å². The highest BCUT2D eigenvalue weighted by Gasteiger charge is 1.95. The second kappa shape index (κ2) is 4.25. The zero-order chi connectivity index (χ0) is 9.68. The first kappa shape index (κ1) is 9.25. The van der Waals surface area contributed by atoms with Crippen molar-refractivity contribution in [3.05, 3.63) is 24.3 Å². The van der Waals surface area contributed by atoms with Gasteiger partial charge in [0.25, 0.3) is 0 Å². The fourth-order valence-electron chi connectivity index (χ4n) is 0.958. The van der Waals surface area contributed by atoms with E-state index in [2.05, 4.69) is 10.6 Å². The Hall–Kier alpha value is -1.84. The molecule has 2 N–H and O–H groups in total. The molecule has 0 bridgehead atoms. The number of benzene rings is 1. The molecule has 0 atom stereocenters. The average molecular weight is 178 g/mol. The highest BCUT2D eigenvalue weighted by Crippen LogP contribution is 2.13. The fraction of sp³-hybridized carbons (Fsp3) is 0.111. The molecule has 0 spiro atoms. The third kappa shape index (κ3) is 2.94. The van der Waals surface area contributed by atoms with E-state index in [0.29, 0.717) is 17.8 Å². The summed E-state index contributed by atoms with van der Waals surface area (Å²) in [4.78, 5) is 20.8. The van der Waals surface area contributed by atoms with E-state index in [-0.39, 0.29) is 5.91 Å². The zero-order valence-corrected chi connectivity index (χ0v) is 7.20. The molecule has 68 valence electrons. The number of anilines is 2. The molecule has 0 aromatic heterocycles. The van der Waals surface area contributed by atoms with Crippen molar-refractivity contribution in [1.29, 1.82) is 0 Å². The van der Waals surface area contributed by atoms with Gasteiger partial charge in [-0.3, -0.25) is 9.59 Å². The van der Waals surface area contributed by atoms with Crippen molar-refractivity contribution in [2.45, 2.75) is 6.92 Å². The third-order valence-corrected chi connectivity index (χ3v) is 1.41. The van der Waals surface area contributed by atoms with Gasteiger partial charge < -0.3 is 10.6 Å². The van der Waals surface area contributed by atoms with E-state index in [1.54, 1.807) is 24.3 Å². The molecule has 2 amide bonds. The number of hydrogen-bond donors (Lipinski definition) is 2. The van der Waals surface area contributed by atoms with Gasteiger partial charge in [-0.15, -0.1) is 0 Å². The van der Waals surface area contributed by atoms with E-state index in [1.807, 2.05) is 0 Å². The lowest BCUT2D eigenvalue weighted by Gasteiger charge is -2.03. The number of carbonyl (C=O) groups excluding carboxylic acids is 2. The summed E-state index contributed by atoms with van der Waals surface area (Å²) in [6.45, 7) is 1.43. The molecule has 0 aliphatic carbocycles. The number of hydrogen-bond acceptors (Lipinski definition) is 2. The van der Waals surface area contributed by atoms with Gasteiger partial charge in [0.05, 0.1) is 0 Å². The SMILES string of the molecule is CC(=O)Nc1cccc(NC=O)c1. The van der Waals surface area contributed by atoms with Crippen molar-refractivity contribution in [2.75, 3.05) is 10.6 Å². The van der Waals surface area contributed by atoms with Crippen LogP contribution in [0.1, 0.15) is 6.92 Å². The predicted molar refractivity (Wildman–Crippen MR) is 50.4 cm³/mol.